The average Bonchev–Trinajstić information content (AvgIpc) is 3.03. The standard InChI is InChI=1S/C16H13BrN4O2/c17-9-13-3-1-2-4-15(13)16-11-20(19-18-16)10-12-5-7-14(8-6-12)21(22)23/h1-8,11H,9-10H2. The van der Waals surface area contributed by atoms with Gasteiger partial charge in [-0.3, -0.25) is 10.1 Å². The lowest BCUT2D eigenvalue weighted by Gasteiger charge is -2.03. The largest absolute Gasteiger partial charge is 0.269 e. The molecule has 0 saturated carbocycles. The van der Waals surface area contributed by atoms with Crippen LogP contribution in [0.2, 0.25) is 0 Å². The summed E-state index contributed by atoms with van der Waals surface area (Å²) >= 11 is 3.47. The van der Waals surface area contributed by atoms with E-state index in [4.69, 9.17) is 0 Å². The van der Waals surface area contributed by atoms with Gasteiger partial charge in [0.1, 0.15) is 5.69 Å². The average molecular weight is 373 g/mol. The van der Waals surface area contributed by atoms with Crippen molar-refractivity contribution in [1.29, 1.82) is 0 Å². The monoisotopic (exact) mass is 372 g/mol. The van der Waals surface area contributed by atoms with Gasteiger partial charge < -0.3 is 0 Å². The van der Waals surface area contributed by atoms with Crippen LogP contribution in [0.4, 0.5) is 5.69 Å². The van der Waals surface area contributed by atoms with Crippen LogP contribution in [0.15, 0.2) is 54.7 Å². The number of nitro benzene ring substituents is 1. The molecule has 0 amide bonds. The molecule has 0 bridgehead atoms. The van der Waals surface area contributed by atoms with Gasteiger partial charge in [-0.05, 0) is 11.1 Å². The maximum atomic E-state index is 10.7. The molecule has 2 aromatic carbocycles. The summed E-state index contributed by atoms with van der Waals surface area (Å²) in [5.74, 6) is 0. The van der Waals surface area contributed by atoms with Crippen LogP contribution in [-0.2, 0) is 11.9 Å². The second kappa shape index (κ2) is 6.70. The molecule has 23 heavy (non-hydrogen) atoms. The van der Waals surface area contributed by atoms with Gasteiger partial charge in [0.05, 0.1) is 17.7 Å². The highest BCUT2D eigenvalue weighted by Crippen LogP contribution is 2.23. The minimum atomic E-state index is -0.408. The van der Waals surface area contributed by atoms with Crippen LogP contribution in [0.1, 0.15) is 11.1 Å². The van der Waals surface area contributed by atoms with Crippen molar-refractivity contribution in [3.8, 4) is 11.3 Å². The van der Waals surface area contributed by atoms with Gasteiger partial charge in [0, 0.05) is 23.0 Å². The minimum absolute atomic E-state index is 0.0827. The normalized spacial score (nSPS) is 10.7. The van der Waals surface area contributed by atoms with E-state index in [-0.39, 0.29) is 5.69 Å². The van der Waals surface area contributed by atoms with Crippen LogP contribution in [-0.4, -0.2) is 19.9 Å². The van der Waals surface area contributed by atoms with Crippen LogP contribution in [0.25, 0.3) is 11.3 Å². The van der Waals surface area contributed by atoms with Crippen molar-refractivity contribution >= 4 is 21.6 Å². The van der Waals surface area contributed by atoms with E-state index in [1.807, 2.05) is 30.5 Å². The fourth-order valence-corrected chi connectivity index (χ4v) is 2.78. The molecule has 0 spiro atoms. The van der Waals surface area contributed by atoms with Crippen LogP contribution in [0.5, 0.6) is 0 Å². The van der Waals surface area contributed by atoms with E-state index in [9.17, 15) is 10.1 Å². The number of hydrogen-bond donors (Lipinski definition) is 0. The van der Waals surface area contributed by atoms with E-state index < -0.39 is 4.92 Å². The molecule has 0 aliphatic carbocycles. The van der Waals surface area contributed by atoms with Crippen molar-refractivity contribution in [2.45, 2.75) is 11.9 Å². The number of halogens is 1. The quantitative estimate of drug-likeness (QED) is 0.387. The smallest absolute Gasteiger partial charge is 0.258 e. The number of nitro groups is 1. The van der Waals surface area contributed by atoms with E-state index in [0.29, 0.717) is 6.54 Å². The molecule has 0 atom stereocenters. The molecule has 7 heteroatoms. The predicted octanol–water partition coefficient (Wildman–Crippen LogP) is 3.80. The number of nitrogens with zero attached hydrogens (tertiary/aromatic N) is 4. The van der Waals surface area contributed by atoms with Crippen molar-refractivity contribution in [3.05, 3.63) is 76.0 Å². The van der Waals surface area contributed by atoms with Gasteiger partial charge in [-0.2, -0.15) is 0 Å². The lowest BCUT2D eigenvalue weighted by Crippen LogP contribution is -2.00. The zero-order valence-electron chi connectivity index (χ0n) is 12.1. The van der Waals surface area contributed by atoms with E-state index in [2.05, 4.69) is 26.2 Å². The minimum Gasteiger partial charge on any atom is -0.258 e. The van der Waals surface area contributed by atoms with Gasteiger partial charge in [0.25, 0.3) is 5.69 Å². The molecule has 0 fully saturated rings. The highest BCUT2D eigenvalue weighted by molar-refractivity contribution is 9.08. The molecule has 0 radical (unpaired) electrons. The van der Waals surface area contributed by atoms with E-state index in [0.717, 1.165) is 27.7 Å². The summed E-state index contributed by atoms with van der Waals surface area (Å²) in [5.41, 5.74) is 4.01. The Balaban J connectivity index is 1.80. The Kier molecular flexibility index (Phi) is 4.47. The molecular formula is C16H13BrN4O2. The van der Waals surface area contributed by atoms with Crippen molar-refractivity contribution in [1.82, 2.24) is 15.0 Å². The molecule has 6 nitrogen and oxygen atoms in total. The zero-order valence-corrected chi connectivity index (χ0v) is 13.7. The van der Waals surface area contributed by atoms with Crippen LogP contribution >= 0.6 is 15.9 Å². The first-order valence-corrected chi connectivity index (χ1v) is 8.07. The molecule has 0 unspecified atom stereocenters. The Morgan fingerprint density at radius 3 is 2.57 bits per heavy atom. The fourth-order valence-electron chi connectivity index (χ4n) is 2.30. The maximum absolute atomic E-state index is 10.7. The Morgan fingerprint density at radius 1 is 1.13 bits per heavy atom. The Labute approximate surface area is 141 Å². The Hall–Kier alpha value is -2.54. The van der Waals surface area contributed by atoms with E-state index in [1.165, 1.54) is 12.1 Å². The summed E-state index contributed by atoms with van der Waals surface area (Å²) in [5, 5.41) is 19.8. The first-order valence-electron chi connectivity index (χ1n) is 6.95. The summed E-state index contributed by atoms with van der Waals surface area (Å²) < 4.78 is 1.72. The number of benzene rings is 2. The van der Waals surface area contributed by atoms with Crippen LogP contribution in [0.3, 0.4) is 0 Å². The van der Waals surface area contributed by atoms with E-state index in [1.54, 1.807) is 16.8 Å². The molecule has 1 aromatic heterocycles. The summed E-state index contributed by atoms with van der Waals surface area (Å²) in [6, 6.07) is 14.5. The zero-order chi connectivity index (χ0) is 16.2. The third-order valence-corrected chi connectivity index (χ3v) is 4.07. The molecule has 1 heterocycles. The van der Waals surface area contributed by atoms with E-state index >= 15 is 0 Å². The van der Waals surface area contributed by atoms with Crippen molar-refractivity contribution in [3.63, 3.8) is 0 Å². The number of hydrogen-bond acceptors (Lipinski definition) is 4. The number of aromatic nitrogens is 3. The molecular weight excluding hydrogens is 360 g/mol. The van der Waals surface area contributed by atoms with Gasteiger partial charge in [-0.1, -0.05) is 57.5 Å². The lowest BCUT2D eigenvalue weighted by molar-refractivity contribution is -0.384. The summed E-state index contributed by atoms with van der Waals surface area (Å²) in [6.45, 7) is 0.515. The fraction of sp³-hybridized carbons (Fsp3) is 0.125. The molecule has 116 valence electrons. The van der Waals surface area contributed by atoms with Crippen molar-refractivity contribution in [2.75, 3.05) is 0 Å². The lowest BCUT2D eigenvalue weighted by atomic mass is 10.1. The first-order chi connectivity index (χ1) is 11.2. The van der Waals surface area contributed by atoms with Crippen LogP contribution in [0, 0.1) is 10.1 Å². The predicted molar refractivity (Wildman–Crippen MR) is 90.3 cm³/mol. The van der Waals surface area contributed by atoms with Crippen LogP contribution < -0.4 is 0 Å². The Morgan fingerprint density at radius 2 is 1.87 bits per heavy atom. The SMILES string of the molecule is O=[N+]([O-])c1ccc(Cn2cc(-c3ccccc3CBr)nn2)cc1. The number of alkyl halides is 1. The van der Waals surface area contributed by atoms with Crippen molar-refractivity contribution in [2.24, 2.45) is 0 Å². The Bertz CT molecular complexity index is 830. The number of non-ortho nitro benzene ring substituents is 1. The topological polar surface area (TPSA) is 73.8 Å². The third kappa shape index (κ3) is 3.45. The summed E-state index contributed by atoms with van der Waals surface area (Å²) in [4.78, 5) is 10.3. The second-order valence-electron chi connectivity index (χ2n) is 5.02. The van der Waals surface area contributed by atoms with Gasteiger partial charge in [-0.25, -0.2) is 4.68 Å². The maximum Gasteiger partial charge on any atom is 0.269 e. The van der Waals surface area contributed by atoms with Gasteiger partial charge in [-0.15, -0.1) is 5.10 Å². The first kappa shape index (κ1) is 15.4. The highest BCUT2D eigenvalue weighted by atomic mass is 79.9. The van der Waals surface area contributed by atoms with Crippen molar-refractivity contribution < 1.29 is 4.92 Å². The van der Waals surface area contributed by atoms with Gasteiger partial charge in [0.15, 0.2) is 0 Å². The second-order valence-corrected chi connectivity index (χ2v) is 5.58. The molecule has 3 aromatic rings. The van der Waals surface area contributed by atoms with Gasteiger partial charge in [0.2, 0.25) is 0 Å². The van der Waals surface area contributed by atoms with Gasteiger partial charge >= 0.3 is 0 Å². The third-order valence-electron chi connectivity index (χ3n) is 3.47. The summed E-state index contributed by atoms with van der Waals surface area (Å²) in [7, 11) is 0. The molecule has 0 aliphatic heterocycles. The number of rotatable bonds is 5. The molecule has 0 N–H and O–H groups in total. The molecule has 3 rings (SSSR count). The summed E-state index contributed by atoms with van der Waals surface area (Å²) in [6.07, 6.45) is 1.88. The highest BCUT2D eigenvalue weighted by Gasteiger charge is 2.09. The molecule has 0 aliphatic rings. The molecule has 0 saturated heterocycles.